The highest BCUT2D eigenvalue weighted by atomic mass is 16.5. The second-order valence-electron chi connectivity index (χ2n) is 7.61. The smallest absolute Gasteiger partial charge is 0.254 e. The average Bonchev–Trinajstić information content (AvgIpc) is 3.23. The van der Waals surface area contributed by atoms with Crippen molar-refractivity contribution in [2.45, 2.75) is 19.8 Å². The summed E-state index contributed by atoms with van der Waals surface area (Å²) < 4.78 is 5.35. The molecule has 26 heavy (non-hydrogen) atoms. The van der Waals surface area contributed by atoms with Gasteiger partial charge in [0.1, 0.15) is 0 Å². The largest absolute Gasteiger partial charge is 0.504 e. The van der Waals surface area contributed by atoms with Crippen molar-refractivity contribution in [3.63, 3.8) is 0 Å². The highest BCUT2D eigenvalue weighted by Crippen LogP contribution is 2.73. The summed E-state index contributed by atoms with van der Waals surface area (Å²) in [6.07, 6.45) is 8.01. The lowest BCUT2D eigenvalue weighted by Gasteiger charge is -2.18. The highest BCUT2D eigenvalue weighted by Gasteiger charge is 2.73. The molecule has 1 spiro atoms. The molecule has 2 saturated carbocycles. The van der Waals surface area contributed by atoms with Crippen LogP contribution in [0, 0.1) is 29.1 Å². The van der Waals surface area contributed by atoms with Crippen LogP contribution in [-0.4, -0.2) is 34.8 Å². The van der Waals surface area contributed by atoms with Crippen molar-refractivity contribution < 1.29 is 19.4 Å². The van der Waals surface area contributed by atoms with Gasteiger partial charge >= 0.3 is 0 Å². The molecule has 1 aromatic carbocycles. The Balaban J connectivity index is 1.39. The Morgan fingerprint density at radius 1 is 1.23 bits per heavy atom. The lowest BCUT2D eigenvalue weighted by atomic mass is 9.85. The molecule has 134 valence electrons. The summed E-state index contributed by atoms with van der Waals surface area (Å²) in [6.45, 7) is 2.26. The first-order valence-corrected chi connectivity index (χ1v) is 9.13. The zero-order valence-electron chi connectivity index (χ0n) is 14.5. The third-order valence-electron chi connectivity index (χ3n) is 6.44. The van der Waals surface area contributed by atoms with Crippen molar-refractivity contribution in [2.75, 3.05) is 6.61 Å². The van der Waals surface area contributed by atoms with Crippen LogP contribution in [0.5, 0.6) is 11.5 Å². The van der Waals surface area contributed by atoms with Crippen LogP contribution in [0.25, 0.3) is 0 Å². The molecular formula is C20H20N2O4. The molecule has 2 amide bonds. The number of carbonyl (C=O) groups is 2. The second-order valence-corrected chi connectivity index (χ2v) is 7.61. The number of aromatic hydroxyl groups is 1. The summed E-state index contributed by atoms with van der Waals surface area (Å²) >= 11 is 0. The molecule has 2 bridgehead atoms. The molecule has 3 fully saturated rings. The van der Waals surface area contributed by atoms with E-state index in [0.29, 0.717) is 17.9 Å². The van der Waals surface area contributed by atoms with Crippen LogP contribution in [0.3, 0.4) is 0 Å². The maximum Gasteiger partial charge on any atom is 0.254 e. The monoisotopic (exact) mass is 352 g/mol. The lowest BCUT2D eigenvalue weighted by molar-refractivity contribution is -0.141. The molecule has 1 aliphatic heterocycles. The summed E-state index contributed by atoms with van der Waals surface area (Å²) in [5.74, 6) is -0.0346. The van der Waals surface area contributed by atoms with Crippen LogP contribution in [0.1, 0.15) is 25.3 Å². The Labute approximate surface area is 151 Å². The zero-order valence-corrected chi connectivity index (χ0v) is 14.5. The number of nitrogens with zero attached hydrogens (tertiary/aromatic N) is 2. The fourth-order valence-electron chi connectivity index (χ4n) is 5.18. The van der Waals surface area contributed by atoms with Crippen molar-refractivity contribution in [3.8, 4) is 11.5 Å². The predicted molar refractivity (Wildman–Crippen MR) is 93.5 cm³/mol. The maximum absolute atomic E-state index is 12.8. The number of ether oxygens (including phenoxy) is 1. The molecule has 4 aliphatic rings. The Hall–Kier alpha value is -2.63. The van der Waals surface area contributed by atoms with E-state index in [2.05, 4.69) is 17.3 Å². The average molecular weight is 352 g/mol. The van der Waals surface area contributed by atoms with Crippen molar-refractivity contribution in [1.82, 2.24) is 5.01 Å². The Kier molecular flexibility index (Phi) is 3.12. The fraction of sp³-hybridized carbons (Fsp3) is 0.450. The van der Waals surface area contributed by atoms with Gasteiger partial charge in [0.05, 0.1) is 24.7 Å². The predicted octanol–water partition coefficient (Wildman–Crippen LogP) is 2.32. The number of carbonyl (C=O) groups excluding carboxylic acids is 2. The van der Waals surface area contributed by atoms with Gasteiger partial charge in [-0.05, 0) is 60.8 Å². The van der Waals surface area contributed by atoms with Crippen LogP contribution < -0.4 is 4.74 Å². The first-order valence-electron chi connectivity index (χ1n) is 9.13. The summed E-state index contributed by atoms with van der Waals surface area (Å²) in [6, 6.07) is 4.81. The van der Waals surface area contributed by atoms with Gasteiger partial charge in [0.2, 0.25) is 0 Å². The minimum absolute atomic E-state index is 0.0456. The number of rotatable bonds is 4. The van der Waals surface area contributed by atoms with E-state index in [1.807, 2.05) is 6.92 Å². The van der Waals surface area contributed by atoms with E-state index in [0.717, 1.165) is 17.9 Å². The number of fused-ring (bicyclic) bond motifs is 3. The number of phenolic OH excluding ortho intramolecular Hbond substituents is 1. The van der Waals surface area contributed by atoms with Gasteiger partial charge in [-0.15, -0.1) is 0 Å². The van der Waals surface area contributed by atoms with Gasteiger partial charge < -0.3 is 9.84 Å². The van der Waals surface area contributed by atoms with Gasteiger partial charge in [-0.2, -0.15) is 10.1 Å². The van der Waals surface area contributed by atoms with Crippen LogP contribution in [0.4, 0.5) is 0 Å². The second kappa shape index (κ2) is 5.19. The number of hydrogen-bond donors (Lipinski definition) is 1. The number of phenols is 1. The molecule has 0 radical (unpaired) electrons. The highest BCUT2D eigenvalue weighted by molar-refractivity contribution is 6.07. The van der Waals surface area contributed by atoms with E-state index in [1.54, 1.807) is 12.1 Å². The quantitative estimate of drug-likeness (QED) is 0.512. The summed E-state index contributed by atoms with van der Waals surface area (Å²) in [4.78, 5) is 25.7. The van der Waals surface area contributed by atoms with Gasteiger partial charge in [0.15, 0.2) is 11.5 Å². The van der Waals surface area contributed by atoms with E-state index >= 15 is 0 Å². The Morgan fingerprint density at radius 2 is 1.88 bits per heavy atom. The molecule has 4 atom stereocenters. The van der Waals surface area contributed by atoms with E-state index in [-0.39, 0.29) is 46.7 Å². The van der Waals surface area contributed by atoms with E-state index in [1.165, 1.54) is 12.3 Å². The molecule has 5 rings (SSSR count). The molecule has 0 aromatic heterocycles. The van der Waals surface area contributed by atoms with E-state index in [4.69, 9.17) is 4.74 Å². The SMILES string of the molecule is CCOc1cc(/C=N\N2C(=O)[C@@H]3[C@H](C2=O)[C@H]2C=C[C@@H]3C23CC3)ccc1O. The van der Waals surface area contributed by atoms with Crippen molar-refractivity contribution in [1.29, 1.82) is 0 Å². The lowest BCUT2D eigenvalue weighted by Crippen LogP contribution is -2.30. The van der Waals surface area contributed by atoms with Crippen molar-refractivity contribution >= 4 is 18.0 Å². The van der Waals surface area contributed by atoms with Gasteiger partial charge in [-0.3, -0.25) is 9.59 Å². The molecular weight excluding hydrogens is 332 g/mol. The molecule has 6 nitrogen and oxygen atoms in total. The molecule has 0 unspecified atom stereocenters. The summed E-state index contributed by atoms with van der Waals surface area (Å²) in [5, 5.41) is 15.0. The van der Waals surface area contributed by atoms with E-state index < -0.39 is 0 Å². The van der Waals surface area contributed by atoms with Gasteiger partial charge in [-0.1, -0.05) is 12.2 Å². The first kappa shape index (κ1) is 15.6. The van der Waals surface area contributed by atoms with Gasteiger partial charge in [0, 0.05) is 0 Å². The fourth-order valence-corrected chi connectivity index (χ4v) is 5.18. The van der Waals surface area contributed by atoms with Crippen LogP contribution in [-0.2, 0) is 9.59 Å². The number of amides is 2. The maximum atomic E-state index is 12.8. The van der Waals surface area contributed by atoms with Crippen LogP contribution in [0.2, 0.25) is 0 Å². The van der Waals surface area contributed by atoms with Crippen LogP contribution in [0.15, 0.2) is 35.5 Å². The van der Waals surface area contributed by atoms with Crippen LogP contribution >= 0.6 is 0 Å². The number of hydrazone groups is 1. The molecule has 3 aliphatic carbocycles. The summed E-state index contributed by atoms with van der Waals surface area (Å²) in [7, 11) is 0. The topological polar surface area (TPSA) is 79.2 Å². The third-order valence-corrected chi connectivity index (χ3v) is 6.44. The van der Waals surface area contributed by atoms with Gasteiger partial charge in [0.25, 0.3) is 11.8 Å². The molecule has 1 aromatic rings. The van der Waals surface area contributed by atoms with Crippen molar-refractivity contribution in [2.24, 2.45) is 34.2 Å². The standard InChI is InChI=1S/C20H20N2O4/c1-2-26-15-9-11(3-6-14(15)23)10-21-22-18(24)16-12-4-5-13(17(16)19(22)25)20(12)7-8-20/h3-6,9-10,12-13,16-17,23H,2,7-8H2,1H3/b21-10-/t12-,13+,16-,17+. The minimum atomic E-state index is -0.240. The molecule has 6 heteroatoms. The number of imide groups is 1. The summed E-state index contributed by atoms with van der Waals surface area (Å²) in [5.41, 5.74) is 0.850. The third kappa shape index (κ3) is 1.90. The zero-order chi connectivity index (χ0) is 18.1. The molecule has 1 N–H and O–H groups in total. The number of hydrogen-bond acceptors (Lipinski definition) is 5. The normalized spacial score (nSPS) is 32.9. The Bertz CT molecular complexity index is 837. The van der Waals surface area contributed by atoms with E-state index in [9.17, 15) is 14.7 Å². The van der Waals surface area contributed by atoms with Crippen molar-refractivity contribution in [3.05, 3.63) is 35.9 Å². The number of allylic oxidation sites excluding steroid dienone is 2. The Morgan fingerprint density at radius 3 is 2.46 bits per heavy atom. The number of benzene rings is 1. The van der Waals surface area contributed by atoms with Gasteiger partial charge in [-0.25, -0.2) is 0 Å². The molecule has 1 saturated heterocycles. The molecule has 1 heterocycles. The minimum Gasteiger partial charge on any atom is -0.504 e. The first-order chi connectivity index (χ1) is 12.6.